The van der Waals surface area contributed by atoms with E-state index in [1.807, 2.05) is 6.92 Å². The highest BCUT2D eigenvalue weighted by Crippen LogP contribution is 2.42. The van der Waals surface area contributed by atoms with Crippen LogP contribution in [0.25, 0.3) is 0 Å². The zero-order chi connectivity index (χ0) is 14.0. The van der Waals surface area contributed by atoms with Gasteiger partial charge in [-0.25, -0.2) is 8.42 Å². The van der Waals surface area contributed by atoms with Gasteiger partial charge in [-0.2, -0.15) is 0 Å². The number of aliphatic hydroxyl groups is 1. The van der Waals surface area contributed by atoms with Gasteiger partial charge in [0.05, 0.1) is 16.8 Å². The van der Waals surface area contributed by atoms with Crippen LogP contribution in [0.5, 0.6) is 0 Å². The molecular formula is C12H22O5S. The van der Waals surface area contributed by atoms with Crippen molar-refractivity contribution in [3.63, 3.8) is 0 Å². The minimum absolute atomic E-state index is 0.255. The van der Waals surface area contributed by atoms with E-state index in [4.69, 9.17) is 0 Å². The lowest BCUT2D eigenvalue weighted by Gasteiger charge is -2.34. The number of hydrogen-bond acceptors (Lipinski definition) is 4. The first-order valence-corrected chi connectivity index (χ1v) is 8.33. The Morgan fingerprint density at radius 3 is 2.56 bits per heavy atom. The van der Waals surface area contributed by atoms with Gasteiger partial charge < -0.3 is 10.2 Å². The van der Waals surface area contributed by atoms with Crippen LogP contribution in [-0.4, -0.2) is 41.7 Å². The number of aliphatic carboxylic acids is 1. The maximum absolute atomic E-state index is 11.7. The maximum atomic E-state index is 11.7. The van der Waals surface area contributed by atoms with Crippen molar-refractivity contribution in [1.29, 1.82) is 0 Å². The van der Waals surface area contributed by atoms with Crippen LogP contribution < -0.4 is 0 Å². The van der Waals surface area contributed by atoms with Gasteiger partial charge in [-0.15, -0.1) is 0 Å². The number of carbonyl (C=O) groups is 1. The van der Waals surface area contributed by atoms with E-state index in [-0.39, 0.29) is 6.42 Å². The Bertz CT molecular complexity index is 403. The van der Waals surface area contributed by atoms with E-state index in [0.29, 0.717) is 25.7 Å². The molecule has 0 saturated heterocycles. The third kappa shape index (κ3) is 3.03. The lowest BCUT2D eigenvalue weighted by atomic mass is 9.82. The van der Waals surface area contributed by atoms with Crippen molar-refractivity contribution in [2.75, 3.05) is 6.26 Å². The van der Waals surface area contributed by atoms with Crippen molar-refractivity contribution in [1.82, 2.24) is 0 Å². The van der Waals surface area contributed by atoms with Crippen LogP contribution in [0.2, 0.25) is 0 Å². The Kier molecular flexibility index (Phi) is 4.78. The molecule has 1 fully saturated rings. The van der Waals surface area contributed by atoms with E-state index >= 15 is 0 Å². The summed E-state index contributed by atoms with van der Waals surface area (Å²) in [4.78, 5) is 11.3. The zero-order valence-corrected chi connectivity index (χ0v) is 11.7. The summed E-state index contributed by atoms with van der Waals surface area (Å²) in [6.07, 6.45) is 4.07. The second-order valence-electron chi connectivity index (χ2n) is 5.23. The molecule has 0 amide bonds. The average Bonchev–Trinajstić information content (AvgIpc) is 2.60. The number of rotatable bonds is 6. The second-order valence-corrected chi connectivity index (χ2v) is 7.46. The fourth-order valence-corrected chi connectivity index (χ4v) is 4.58. The van der Waals surface area contributed by atoms with Crippen LogP contribution in [0.1, 0.15) is 45.4 Å². The van der Waals surface area contributed by atoms with Gasteiger partial charge in [0.25, 0.3) is 0 Å². The first-order chi connectivity index (χ1) is 8.23. The highest BCUT2D eigenvalue weighted by molar-refractivity contribution is 7.91. The summed E-state index contributed by atoms with van der Waals surface area (Å²) in [5, 5.41) is 18.9. The highest BCUT2D eigenvalue weighted by Gasteiger charge is 2.53. The third-order valence-electron chi connectivity index (χ3n) is 3.87. The molecule has 3 unspecified atom stereocenters. The van der Waals surface area contributed by atoms with Gasteiger partial charge in [0.1, 0.15) is 0 Å². The van der Waals surface area contributed by atoms with Crippen LogP contribution in [0.15, 0.2) is 0 Å². The summed E-state index contributed by atoms with van der Waals surface area (Å²) in [6.45, 7) is 1.94. The fraction of sp³-hybridized carbons (Fsp3) is 0.917. The van der Waals surface area contributed by atoms with Crippen LogP contribution in [0, 0.1) is 5.92 Å². The minimum Gasteiger partial charge on any atom is -0.481 e. The smallest absolute Gasteiger partial charge is 0.309 e. The van der Waals surface area contributed by atoms with Crippen LogP contribution in [-0.2, 0) is 14.6 Å². The monoisotopic (exact) mass is 278 g/mol. The van der Waals surface area contributed by atoms with Gasteiger partial charge in [0, 0.05) is 6.26 Å². The normalized spacial score (nSPS) is 30.3. The van der Waals surface area contributed by atoms with E-state index in [1.165, 1.54) is 0 Å². The first-order valence-electron chi connectivity index (χ1n) is 6.37. The molecule has 18 heavy (non-hydrogen) atoms. The fourth-order valence-electron chi connectivity index (χ4n) is 2.96. The number of carboxylic acid groups (broad SMARTS) is 1. The summed E-state index contributed by atoms with van der Waals surface area (Å²) < 4.78 is 23.4. The first kappa shape index (κ1) is 15.4. The molecule has 0 aromatic carbocycles. The predicted octanol–water partition coefficient (Wildman–Crippen LogP) is 1.21. The zero-order valence-electron chi connectivity index (χ0n) is 10.9. The van der Waals surface area contributed by atoms with Gasteiger partial charge in [0.15, 0.2) is 9.84 Å². The second kappa shape index (κ2) is 5.57. The quantitative estimate of drug-likeness (QED) is 0.762. The SMILES string of the molecule is CCCCC(C(=O)O)C1(O)CCCC1S(C)(=O)=O. The molecule has 3 atom stereocenters. The summed E-state index contributed by atoms with van der Waals surface area (Å²) in [5.41, 5.74) is -1.60. The Morgan fingerprint density at radius 1 is 1.50 bits per heavy atom. The molecular weight excluding hydrogens is 256 g/mol. The van der Waals surface area contributed by atoms with Gasteiger partial charge >= 0.3 is 5.97 Å². The van der Waals surface area contributed by atoms with E-state index in [1.54, 1.807) is 0 Å². The highest BCUT2D eigenvalue weighted by atomic mass is 32.2. The van der Waals surface area contributed by atoms with Crippen molar-refractivity contribution >= 4 is 15.8 Å². The molecule has 0 spiro atoms. The predicted molar refractivity (Wildman–Crippen MR) is 68.1 cm³/mol. The van der Waals surface area contributed by atoms with Gasteiger partial charge in [0.2, 0.25) is 0 Å². The molecule has 1 saturated carbocycles. The molecule has 1 aliphatic carbocycles. The Balaban J connectivity index is 3.03. The van der Waals surface area contributed by atoms with Gasteiger partial charge in [-0.1, -0.05) is 19.8 Å². The summed E-state index contributed by atoms with van der Waals surface area (Å²) in [5.74, 6) is -2.08. The number of unbranched alkanes of at least 4 members (excludes halogenated alkanes) is 1. The average molecular weight is 278 g/mol. The molecule has 0 radical (unpaired) electrons. The molecule has 6 heteroatoms. The lowest BCUT2D eigenvalue weighted by molar-refractivity contribution is -0.152. The molecule has 1 aliphatic rings. The third-order valence-corrected chi connectivity index (χ3v) is 5.54. The Morgan fingerprint density at radius 2 is 2.11 bits per heavy atom. The maximum Gasteiger partial charge on any atom is 0.309 e. The van der Waals surface area contributed by atoms with E-state index in [9.17, 15) is 23.4 Å². The van der Waals surface area contributed by atoms with E-state index < -0.39 is 32.6 Å². The van der Waals surface area contributed by atoms with Crippen LogP contribution >= 0.6 is 0 Å². The van der Waals surface area contributed by atoms with Crippen molar-refractivity contribution in [2.45, 2.75) is 56.3 Å². The largest absolute Gasteiger partial charge is 0.481 e. The summed E-state index contributed by atoms with van der Waals surface area (Å²) in [6, 6.07) is 0. The molecule has 0 heterocycles. The van der Waals surface area contributed by atoms with Crippen molar-refractivity contribution in [2.24, 2.45) is 5.92 Å². The van der Waals surface area contributed by atoms with Crippen molar-refractivity contribution < 1.29 is 23.4 Å². The van der Waals surface area contributed by atoms with Gasteiger partial charge in [-0.05, 0) is 25.7 Å². The topological polar surface area (TPSA) is 91.7 Å². The molecule has 1 rings (SSSR count). The van der Waals surface area contributed by atoms with Crippen molar-refractivity contribution in [3.8, 4) is 0 Å². The molecule has 0 aliphatic heterocycles. The molecule has 0 aromatic heterocycles. The number of sulfone groups is 1. The van der Waals surface area contributed by atoms with Crippen LogP contribution in [0.3, 0.4) is 0 Å². The van der Waals surface area contributed by atoms with E-state index in [0.717, 1.165) is 12.7 Å². The minimum atomic E-state index is -3.43. The van der Waals surface area contributed by atoms with E-state index in [2.05, 4.69) is 0 Å². The molecule has 106 valence electrons. The standard InChI is InChI=1S/C12H22O5S/c1-3-4-6-9(11(13)14)12(15)8-5-7-10(12)18(2,16)17/h9-10,15H,3-8H2,1-2H3,(H,13,14). The molecule has 0 aromatic rings. The molecule has 5 nitrogen and oxygen atoms in total. The Labute approximate surface area is 108 Å². The number of hydrogen-bond donors (Lipinski definition) is 2. The molecule has 0 bridgehead atoms. The lowest BCUT2D eigenvalue weighted by Crippen LogP contribution is -2.51. The van der Waals surface area contributed by atoms with Crippen LogP contribution in [0.4, 0.5) is 0 Å². The Hall–Kier alpha value is -0.620. The number of carboxylic acids is 1. The molecule has 2 N–H and O–H groups in total. The summed E-state index contributed by atoms with van der Waals surface area (Å²) in [7, 11) is -3.43. The van der Waals surface area contributed by atoms with Crippen molar-refractivity contribution in [3.05, 3.63) is 0 Å². The summed E-state index contributed by atoms with van der Waals surface area (Å²) >= 11 is 0. The van der Waals surface area contributed by atoms with Gasteiger partial charge in [-0.3, -0.25) is 4.79 Å².